The third-order valence-corrected chi connectivity index (χ3v) is 3.69. The Kier molecular flexibility index (Phi) is 2.87. The standard InChI is InChI=1S/C15H10BrNO2/c16-13-8-10(15(18)19)9-14-12(13)6-7-17(14)11-4-2-1-3-5-11/h1-9H,(H,18,19). The van der Waals surface area contributed by atoms with Gasteiger partial charge in [-0.15, -0.1) is 0 Å². The fraction of sp³-hybridized carbons (Fsp3) is 0. The lowest BCUT2D eigenvalue weighted by Gasteiger charge is -2.06. The van der Waals surface area contributed by atoms with Crippen LogP contribution in [0.2, 0.25) is 0 Å². The molecule has 0 radical (unpaired) electrons. The summed E-state index contributed by atoms with van der Waals surface area (Å²) in [5, 5.41) is 10.1. The van der Waals surface area contributed by atoms with Crippen LogP contribution in [0.15, 0.2) is 59.2 Å². The zero-order chi connectivity index (χ0) is 13.4. The summed E-state index contributed by atoms with van der Waals surface area (Å²) >= 11 is 3.43. The van der Waals surface area contributed by atoms with Gasteiger partial charge in [-0.05, 0) is 30.3 Å². The molecule has 0 aliphatic heterocycles. The number of rotatable bonds is 2. The lowest BCUT2D eigenvalue weighted by molar-refractivity contribution is 0.0697. The van der Waals surface area contributed by atoms with Crippen LogP contribution < -0.4 is 0 Å². The summed E-state index contributed by atoms with van der Waals surface area (Å²) in [6.07, 6.45) is 1.94. The molecule has 0 saturated carbocycles. The first-order valence-corrected chi connectivity index (χ1v) is 6.55. The molecule has 0 saturated heterocycles. The topological polar surface area (TPSA) is 42.2 Å². The maximum Gasteiger partial charge on any atom is 0.335 e. The summed E-state index contributed by atoms with van der Waals surface area (Å²) in [4.78, 5) is 11.1. The van der Waals surface area contributed by atoms with Crippen molar-refractivity contribution in [3.63, 3.8) is 0 Å². The molecule has 3 aromatic rings. The van der Waals surface area contributed by atoms with Crippen LogP contribution >= 0.6 is 15.9 Å². The zero-order valence-corrected chi connectivity index (χ0v) is 11.5. The normalized spacial score (nSPS) is 10.8. The number of hydrogen-bond acceptors (Lipinski definition) is 1. The van der Waals surface area contributed by atoms with Crippen LogP contribution in [-0.4, -0.2) is 15.6 Å². The van der Waals surface area contributed by atoms with Gasteiger partial charge < -0.3 is 9.67 Å². The van der Waals surface area contributed by atoms with E-state index >= 15 is 0 Å². The van der Waals surface area contributed by atoms with Crippen LogP contribution in [0.1, 0.15) is 10.4 Å². The van der Waals surface area contributed by atoms with Crippen LogP contribution in [0.3, 0.4) is 0 Å². The van der Waals surface area contributed by atoms with E-state index in [-0.39, 0.29) is 5.56 Å². The van der Waals surface area contributed by atoms with Gasteiger partial charge in [-0.2, -0.15) is 0 Å². The minimum Gasteiger partial charge on any atom is -0.478 e. The number of para-hydroxylation sites is 1. The second kappa shape index (κ2) is 4.55. The van der Waals surface area contributed by atoms with Gasteiger partial charge in [0.25, 0.3) is 0 Å². The molecule has 0 unspecified atom stereocenters. The monoisotopic (exact) mass is 315 g/mol. The highest BCUT2D eigenvalue weighted by Gasteiger charge is 2.11. The minimum atomic E-state index is -0.927. The lowest BCUT2D eigenvalue weighted by atomic mass is 10.1. The van der Waals surface area contributed by atoms with Gasteiger partial charge in [0.15, 0.2) is 0 Å². The molecule has 1 aromatic heterocycles. The third kappa shape index (κ3) is 2.04. The van der Waals surface area contributed by atoms with E-state index in [0.717, 1.165) is 21.1 Å². The second-order valence-corrected chi connectivity index (χ2v) is 5.07. The highest BCUT2D eigenvalue weighted by Crippen LogP contribution is 2.29. The molecule has 0 amide bonds. The molecule has 2 aromatic carbocycles. The molecule has 0 bridgehead atoms. The number of aromatic carboxylic acids is 1. The fourth-order valence-corrected chi connectivity index (χ4v) is 2.72. The van der Waals surface area contributed by atoms with Gasteiger partial charge >= 0.3 is 5.97 Å². The Bertz CT molecular complexity index is 762. The van der Waals surface area contributed by atoms with Crippen LogP contribution in [-0.2, 0) is 0 Å². The van der Waals surface area contributed by atoms with E-state index in [1.807, 2.05) is 47.2 Å². The first kappa shape index (κ1) is 12.0. The van der Waals surface area contributed by atoms with Gasteiger partial charge in [0.1, 0.15) is 0 Å². The van der Waals surface area contributed by atoms with Gasteiger partial charge in [-0.25, -0.2) is 4.79 Å². The first-order chi connectivity index (χ1) is 9.16. The van der Waals surface area contributed by atoms with Crippen molar-refractivity contribution in [2.45, 2.75) is 0 Å². The van der Waals surface area contributed by atoms with Crippen molar-refractivity contribution in [2.24, 2.45) is 0 Å². The van der Waals surface area contributed by atoms with Gasteiger partial charge in [-0.1, -0.05) is 34.1 Å². The third-order valence-electron chi connectivity index (χ3n) is 3.04. The van der Waals surface area contributed by atoms with Crippen molar-refractivity contribution in [3.05, 3.63) is 64.8 Å². The largest absolute Gasteiger partial charge is 0.478 e. The quantitative estimate of drug-likeness (QED) is 0.774. The molecule has 0 spiro atoms. The van der Waals surface area contributed by atoms with Crippen LogP contribution in [0.4, 0.5) is 0 Å². The van der Waals surface area contributed by atoms with Crippen molar-refractivity contribution < 1.29 is 9.90 Å². The Balaban J connectivity index is 2.30. The summed E-state index contributed by atoms with van der Waals surface area (Å²) in [6, 6.07) is 15.1. The molecule has 19 heavy (non-hydrogen) atoms. The molecule has 1 N–H and O–H groups in total. The molecule has 3 nitrogen and oxygen atoms in total. The number of nitrogens with zero attached hydrogens (tertiary/aromatic N) is 1. The molecular weight excluding hydrogens is 306 g/mol. The number of carboxylic acid groups (broad SMARTS) is 1. The van der Waals surface area contributed by atoms with Gasteiger partial charge in [0.05, 0.1) is 11.1 Å². The van der Waals surface area contributed by atoms with Crippen molar-refractivity contribution >= 4 is 32.8 Å². The lowest BCUT2D eigenvalue weighted by Crippen LogP contribution is -1.98. The second-order valence-electron chi connectivity index (χ2n) is 4.22. The van der Waals surface area contributed by atoms with Crippen molar-refractivity contribution in [1.82, 2.24) is 4.57 Å². The first-order valence-electron chi connectivity index (χ1n) is 5.76. The van der Waals surface area contributed by atoms with E-state index in [4.69, 9.17) is 5.11 Å². The Morgan fingerprint density at radius 3 is 2.53 bits per heavy atom. The van der Waals surface area contributed by atoms with E-state index in [1.54, 1.807) is 12.1 Å². The summed E-state index contributed by atoms with van der Waals surface area (Å²) in [6.45, 7) is 0. The summed E-state index contributed by atoms with van der Waals surface area (Å²) in [5.41, 5.74) is 2.15. The average Bonchev–Trinajstić information content (AvgIpc) is 2.84. The Morgan fingerprint density at radius 2 is 1.84 bits per heavy atom. The van der Waals surface area contributed by atoms with Crippen LogP contribution in [0, 0.1) is 0 Å². The maximum absolute atomic E-state index is 11.1. The molecule has 0 aliphatic carbocycles. The summed E-state index contributed by atoms with van der Waals surface area (Å²) < 4.78 is 2.77. The van der Waals surface area contributed by atoms with Gasteiger partial charge in [-0.3, -0.25) is 0 Å². The number of hydrogen-bond donors (Lipinski definition) is 1. The predicted octanol–water partition coefficient (Wildman–Crippen LogP) is 4.09. The highest BCUT2D eigenvalue weighted by atomic mass is 79.9. The number of halogens is 1. The average molecular weight is 316 g/mol. The number of fused-ring (bicyclic) bond motifs is 1. The minimum absolute atomic E-state index is 0.273. The van der Waals surface area contributed by atoms with Gasteiger partial charge in [0.2, 0.25) is 0 Å². The molecule has 94 valence electrons. The van der Waals surface area contributed by atoms with E-state index in [0.29, 0.717) is 0 Å². The highest BCUT2D eigenvalue weighted by molar-refractivity contribution is 9.10. The number of benzene rings is 2. The molecule has 0 aliphatic rings. The molecule has 3 rings (SSSR count). The van der Waals surface area contributed by atoms with Gasteiger partial charge in [0, 0.05) is 21.7 Å². The zero-order valence-electron chi connectivity index (χ0n) is 9.88. The Morgan fingerprint density at radius 1 is 1.11 bits per heavy atom. The molecule has 0 atom stereocenters. The maximum atomic E-state index is 11.1. The van der Waals surface area contributed by atoms with Crippen LogP contribution in [0.5, 0.6) is 0 Å². The Hall–Kier alpha value is -2.07. The Labute approximate surface area is 118 Å². The van der Waals surface area contributed by atoms with E-state index in [1.165, 1.54) is 0 Å². The summed E-state index contributed by atoms with van der Waals surface area (Å²) in [5.74, 6) is -0.927. The molecule has 1 heterocycles. The summed E-state index contributed by atoms with van der Waals surface area (Å²) in [7, 11) is 0. The van der Waals surface area contributed by atoms with E-state index < -0.39 is 5.97 Å². The fourth-order valence-electron chi connectivity index (χ4n) is 2.13. The van der Waals surface area contributed by atoms with E-state index in [2.05, 4.69) is 15.9 Å². The molecule has 0 fully saturated rings. The van der Waals surface area contributed by atoms with E-state index in [9.17, 15) is 4.79 Å². The molecule has 4 heteroatoms. The SMILES string of the molecule is O=C(O)c1cc(Br)c2ccn(-c3ccccc3)c2c1. The van der Waals surface area contributed by atoms with Crippen molar-refractivity contribution in [3.8, 4) is 5.69 Å². The molecular formula is C15H10BrNO2. The van der Waals surface area contributed by atoms with Crippen molar-refractivity contribution in [2.75, 3.05) is 0 Å². The number of carbonyl (C=O) groups is 1. The number of aromatic nitrogens is 1. The predicted molar refractivity (Wildman–Crippen MR) is 77.9 cm³/mol. The number of carboxylic acids is 1. The van der Waals surface area contributed by atoms with Crippen LogP contribution in [0.25, 0.3) is 16.6 Å². The van der Waals surface area contributed by atoms with Crippen molar-refractivity contribution in [1.29, 1.82) is 0 Å². The smallest absolute Gasteiger partial charge is 0.335 e.